The van der Waals surface area contributed by atoms with Crippen LogP contribution in [0.1, 0.15) is 63.9 Å². The summed E-state index contributed by atoms with van der Waals surface area (Å²) in [6.45, 7) is 2.97. The first-order valence-electron chi connectivity index (χ1n) is 10.6. The first kappa shape index (κ1) is 20.8. The number of aromatic nitrogens is 3. The van der Waals surface area contributed by atoms with Gasteiger partial charge in [0.1, 0.15) is 18.4 Å². The quantitative estimate of drug-likeness (QED) is 0.530. The van der Waals surface area contributed by atoms with Crippen LogP contribution in [0.25, 0.3) is 0 Å². The second-order valence-corrected chi connectivity index (χ2v) is 7.84. The molecule has 0 bridgehead atoms. The number of hydrogen-bond acceptors (Lipinski definition) is 5. The monoisotopic (exact) mass is 386 g/mol. The van der Waals surface area contributed by atoms with Crippen LogP contribution in [0.15, 0.2) is 36.9 Å². The van der Waals surface area contributed by atoms with Crippen LogP contribution in [0.2, 0.25) is 0 Å². The fraction of sp³-hybridized carbons (Fsp3) is 0.636. The topological polar surface area (TPSA) is 52.4 Å². The molecule has 1 fully saturated rings. The molecule has 2 atom stereocenters. The molecule has 154 valence electrons. The Morgan fingerprint density at radius 2 is 1.89 bits per heavy atom. The van der Waals surface area contributed by atoms with Crippen molar-refractivity contribution in [2.75, 3.05) is 14.2 Å². The molecule has 0 amide bonds. The molecule has 3 rings (SSSR count). The molecule has 2 unspecified atom stereocenters. The van der Waals surface area contributed by atoms with E-state index in [1.165, 1.54) is 44.1 Å². The average molecular weight is 387 g/mol. The van der Waals surface area contributed by atoms with Gasteiger partial charge in [-0.1, -0.05) is 57.6 Å². The molecule has 0 aliphatic carbocycles. The third-order valence-electron chi connectivity index (χ3n) is 5.87. The number of unbranched alkanes of at least 4 members (excludes halogenated alkanes) is 5. The number of likely N-dealkylation sites (N-methyl/N-ethyl adjacent to an activating group) is 1. The van der Waals surface area contributed by atoms with Crippen molar-refractivity contribution in [3.8, 4) is 5.75 Å². The van der Waals surface area contributed by atoms with Crippen molar-refractivity contribution in [3.63, 3.8) is 0 Å². The van der Waals surface area contributed by atoms with E-state index in [0.717, 1.165) is 18.6 Å². The fourth-order valence-electron chi connectivity index (χ4n) is 4.21. The highest BCUT2D eigenvalue weighted by atomic mass is 16.7. The Kier molecular flexibility index (Phi) is 7.45. The van der Waals surface area contributed by atoms with Crippen molar-refractivity contribution in [2.45, 2.75) is 76.5 Å². The zero-order valence-corrected chi connectivity index (χ0v) is 17.5. The van der Waals surface area contributed by atoms with Gasteiger partial charge in [-0.2, -0.15) is 10.2 Å². The van der Waals surface area contributed by atoms with Gasteiger partial charge in [0.15, 0.2) is 0 Å². The van der Waals surface area contributed by atoms with Crippen molar-refractivity contribution in [2.24, 2.45) is 0 Å². The van der Waals surface area contributed by atoms with Crippen molar-refractivity contribution < 1.29 is 9.57 Å². The van der Waals surface area contributed by atoms with E-state index in [-0.39, 0.29) is 11.6 Å². The number of benzene rings is 1. The summed E-state index contributed by atoms with van der Waals surface area (Å²) < 4.78 is 7.24. The molecule has 6 nitrogen and oxygen atoms in total. The highest BCUT2D eigenvalue weighted by Gasteiger charge is 2.47. The van der Waals surface area contributed by atoms with E-state index in [2.05, 4.69) is 29.1 Å². The Bertz CT molecular complexity index is 689. The summed E-state index contributed by atoms with van der Waals surface area (Å²) in [4.78, 5) is 10.4. The number of hydroxylamine groups is 2. The van der Waals surface area contributed by atoms with Crippen LogP contribution in [0.5, 0.6) is 5.75 Å². The van der Waals surface area contributed by atoms with Crippen LogP contribution in [-0.4, -0.2) is 40.1 Å². The largest absolute Gasteiger partial charge is 0.497 e. The molecule has 1 aliphatic rings. The molecule has 0 saturated carbocycles. The molecule has 1 aromatic heterocycles. The van der Waals surface area contributed by atoms with Gasteiger partial charge < -0.3 is 4.74 Å². The molecule has 1 saturated heterocycles. The minimum absolute atomic E-state index is 0.238. The van der Waals surface area contributed by atoms with E-state index >= 15 is 0 Å². The predicted molar refractivity (Wildman–Crippen MR) is 110 cm³/mol. The zero-order chi connectivity index (χ0) is 19.8. The Balaban J connectivity index is 1.69. The second kappa shape index (κ2) is 10.0. The molecule has 2 heterocycles. The van der Waals surface area contributed by atoms with E-state index in [0.29, 0.717) is 6.54 Å². The van der Waals surface area contributed by atoms with E-state index in [1.54, 1.807) is 19.8 Å². The third kappa shape index (κ3) is 4.92. The lowest BCUT2D eigenvalue weighted by atomic mass is 9.84. The van der Waals surface area contributed by atoms with Gasteiger partial charge in [-0.15, -0.1) is 0 Å². The Hall–Kier alpha value is -1.92. The van der Waals surface area contributed by atoms with Gasteiger partial charge in [0, 0.05) is 13.5 Å². The number of ether oxygens (including phenoxy) is 1. The molecule has 6 heteroatoms. The SMILES string of the molecule is CCCCCCCCC1CC(Cn2cncn2)(c2ccc(OC)cc2)N(C)O1. The van der Waals surface area contributed by atoms with Crippen molar-refractivity contribution in [3.05, 3.63) is 42.5 Å². The lowest BCUT2D eigenvalue weighted by molar-refractivity contribution is -0.176. The minimum Gasteiger partial charge on any atom is -0.497 e. The fourth-order valence-corrected chi connectivity index (χ4v) is 4.21. The zero-order valence-electron chi connectivity index (χ0n) is 17.5. The molecule has 0 N–H and O–H groups in total. The van der Waals surface area contributed by atoms with Crippen molar-refractivity contribution in [1.82, 2.24) is 19.8 Å². The molecule has 0 radical (unpaired) electrons. The van der Waals surface area contributed by atoms with Crippen LogP contribution < -0.4 is 4.74 Å². The number of nitrogens with zero attached hydrogens (tertiary/aromatic N) is 4. The highest BCUT2D eigenvalue weighted by Crippen LogP contribution is 2.42. The maximum atomic E-state index is 6.31. The Labute approximate surface area is 168 Å². The summed E-state index contributed by atoms with van der Waals surface area (Å²) in [5.74, 6) is 0.866. The van der Waals surface area contributed by atoms with Gasteiger partial charge in [-0.05, 0) is 24.1 Å². The highest BCUT2D eigenvalue weighted by molar-refractivity contribution is 5.32. The number of rotatable bonds is 11. The minimum atomic E-state index is -0.257. The van der Waals surface area contributed by atoms with Gasteiger partial charge in [0.2, 0.25) is 0 Å². The number of methoxy groups -OCH3 is 1. The van der Waals surface area contributed by atoms with Crippen LogP contribution in [-0.2, 0) is 16.9 Å². The molecular weight excluding hydrogens is 352 g/mol. The van der Waals surface area contributed by atoms with E-state index in [9.17, 15) is 0 Å². The van der Waals surface area contributed by atoms with Gasteiger partial charge in [0.25, 0.3) is 0 Å². The Morgan fingerprint density at radius 3 is 2.57 bits per heavy atom. The van der Waals surface area contributed by atoms with E-state index in [1.807, 2.05) is 28.9 Å². The second-order valence-electron chi connectivity index (χ2n) is 7.84. The smallest absolute Gasteiger partial charge is 0.137 e. The van der Waals surface area contributed by atoms with Crippen molar-refractivity contribution >= 4 is 0 Å². The maximum absolute atomic E-state index is 6.31. The lowest BCUT2D eigenvalue weighted by Crippen LogP contribution is -2.41. The van der Waals surface area contributed by atoms with Gasteiger partial charge in [-0.25, -0.2) is 4.98 Å². The van der Waals surface area contributed by atoms with Crippen LogP contribution in [0, 0.1) is 0 Å². The standard InChI is InChI=1S/C22H34N4O2/c1-4-5-6-7-8-9-10-21-15-22(25(2)28-21,16-26-18-23-17-24-26)19-11-13-20(27-3)14-12-19/h11-14,17-18,21H,4-10,15-16H2,1-3H3. The average Bonchev–Trinajstić information content (AvgIpc) is 3.33. The summed E-state index contributed by atoms with van der Waals surface area (Å²) in [5, 5.41) is 6.39. The van der Waals surface area contributed by atoms with Gasteiger partial charge >= 0.3 is 0 Å². The summed E-state index contributed by atoms with van der Waals surface area (Å²) >= 11 is 0. The summed E-state index contributed by atoms with van der Waals surface area (Å²) in [5.41, 5.74) is 0.962. The molecule has 2 aromatic rings. The third-order valence-corrected chi connectivity index (χ3v) is 5.87. The van der Waals surface area contributed by atoms with Crippen molar-refractivity contribution in [1.29, 1.82) is 0 Å². The first-order valence-corrected chi connectivity index (χ1v) is 10.6. The van der Waals surface area contributed by atoms with Crippen LogP contribution >= 0.6 is 0 Å². The number of hydrogen-bond donors (Lipinski definition) is 0. The summed E-state index contributed by atoms with van der Waals surface area (Å²) in [7, 11) is 3.74. The van der Waals surface area contributed by atoms with Crippen LogP contribution in [0.3, 0.4) is 0 Å². The van der Waals surface area contributed by atoms with Gasteiger partial charge in [0.05, 0.1) is 25.3 Å². The molecule has 0 spiro atoms. The molecule has 1 aromatic carbocycles. The van der Waals surface area contributed by atoms with Crippen LogP contribution in [0.4, 0.5) is 0 Å². The maximum Gasteiger partial charge on any atom is 0.137 e. The van der Waals surface area contributed by atoms with E-state index < -0.39 is 0 Å². The summed E-state index contributed by atoms with van der Waals surface area (Å²) in [6, 6.07) is 8.33. The Morgan fingerprint density at radius 1 is 1.14 bits per heavy atom. The molecule has 1 aliphatic heterocycles. The normalized spacial score (nSPS) is 22.6. The first-order chi connectivity index (χ1) is 13.7. The lowest BCUT2D eigenvalue weighted by Gasteiger charge is -2.34. The summed E-state index contributed by atoms with van der Waals surface area (Å²) in [6.07, 6.45) is 13.5. The molecular formula is C22H34N4O2. The predicted octanol–water partition coefficient (Wildman–Crippen LogP) is 4.57. The van der Waals surface area contributed by atoms with E-state index in [4.69, 9.17) is 9.57 Å². The molecule has 28 heavy (non-hydrogen) atoms. The van der Waals surface area contributed by atoms with Gasteiger partial charge in [-0.3, -0.25) is 9.52 Å².